The molecule has 218 valence electrons. The predicted molar refractivity (Wildman–Crippen MR) is 155 cm³/mol. The third kappa shape index (κ3) is 6.02. The van der Waals surface area contributed by atoms with Gasteiger partial charge in [0.15, 0.2) is 0 Å². The van der Waals surface area contributed by atoms with Crippen LogP contribution in [0.25, 0.3) is 11.1 Å². The van der Waals surface area contributed by atoms with Crippen molar-refractivity contribution in [3.8, 4) is 11.1 Å². The van der Waals surface area contributed by atoms with Crippen molar-refractivity contribution in [3.05, 3.63) is 64.9 Å². The lowest BCUT2D eigenvalue weighted by Crippen LogP contribution is -2.49. The van der Waals surface area contributed by atoms with Crippen LogP contribution in [0, 0.1) is 5.92 Å². The summed E-state index contributed by atoms with van der Waals surface area (Å²) in [6, 6.07) is 13.6. The van der Waals surface area contributed by atoms with Crippen molar-refractivity contribution in [2.24, 2.45) is 5.92 Å². The van der Waals surface area contributed by atoms with Gasteiger partial charge in [0.1, 0.15) is 11.3 Å². The Morgan fingerprint density at radius 3 is 2.34 bits per heavy atom. The second kappa shape index (κ2) is 12.1. The van der Waals surface area contributed by atoms with Crippen molar-refractivity contribution in [1.29, 1.82) is 0 Å². The fraction of sp³-hybridized carbons (Fsp3) is 0.433. The molecule has 0 radical (unpaired) electrons. The number of carboxylic acids is 1. The molecular formula is C30H34ClF2N5O3. The van der Waals surface area contributed by atoms with E-state index in [1.54, 1.807) is 0 Å². The summed E-state index contributed by atoms with van der Waals surface area (Å²) in [6.45, 7) is 7.91. The Labute approximate surface area is 243 Å². The van der Waals surface area contributed by atoms with E-state index >= 15 is 0 Å². The molecule has 41 heavy (non-hydrogen) atoms. The third-order valence-electron chi connectivity index (χ3n) is 7.94. The summed E-state index contributed by atoms with van der Waals surface area (Å²) >= 11 is 6.42. The average molecular weight is 586 g/mol. The van der Waals surface area contributed by atoms with E-state index in [4.69, 9.17) is 11.6 Å². The number of amides is 1. The Morgan fingerprint density at radius 2 is 1.71 bits per heavy atom. The van der Waals surface area contributed by atoms with E-state index < -0.39 is 29.7 Å². The molecule has 2 aliphatic heterocycles. The lowest BCUT2D eigenvalue weighted by atomic mass is 9.99. The van der Waals surface area contributed by atoms with Crippen molar-refractivity contribution in [3.63, 3.8) is 0 Å². The van der Waals surface area contributed by atoms with Gasteiger partial charge in [0.25, 0.3) is 6.43 Å². The van der Waals surface area contributed by atoms with Gasteiger partial charge in [-0.2, -0.15) is 5.10 Å². The number of alkyl halides is 2. The highest BCUT2D eigenvalue weighted by molar-refractivity contribution is 6.31. The molecule has 2 saturated heterocycles. The molecule has 1 unspecified atom stereocenters. The number of aromatic carboxylic acids is 1. The zero-order valence-electron chi connectivity index (χ0n) is 23.1. The van der Waals surface area contributed by atoms with Crippen molar-refractivity contribution < 1.29 is 23.5 Å². The van der Waals surface area contributed by atoms with Crippen LogP contribution < -0.4 is 9.80 Å². The molecule has 8 nitrogen and oxygen atoms in total. The van der Waals surface area contributed by atoms with Gasteiger partial charge in [0.05, 0.1) is 12.2 Å². The number of nitrogens with zero attached hydrogens (tertiary/aromatic N) is 5. The fourth-order valence-electron chi connectivity index (χ4n) is 5.83. The van der Waals surface area contributed by atoms with Crippen LogP contribution in [0.3, 0.4) is 0 Å². The lowest BCUT2D eigenvalue weighted by molar-refractivity contribution is -0.134. The fourth-order valence-corrected chi connectivity index (χ4v) is 6.00. The zero-order valence-corrected chi connectivity index (χ0v) is 23.9. The van der Waals surface area contributed by atoms with Gasteiger partial charge in [0, 0.05) is 67.1 Å². The first-order valence-electron chi connectivity index (χ1n) is 13.9. The molecule has 1 amide bonds. The molecule has 1 atom stereocenters. The standard InChI is InChI=1S/C30H34ClF2N5O3/c1-19(2)29(39)36-14-12-35(13-15-36)22-8-5-20(6-9-22)24-10-7-21(31)16-26(24)37-11-3-4-23(18-37)38-27(28(32)33)25(17-34-38)30(40)41/h5-10,16-17,19,23,28H,3-4,11-15,18H2,1-2H3,(H,40,41). The summed E-state index contributed by atoms with van der Waals surface area (Å²) < 4.78 is 28.9. The summed E-state index contributed by atoms with van der Waals surface area (Å²) in [5.74, 6) is -1.22. The van der Waals surface area contributed by atoms with Crippen LogP contribution in [0.2, 0.25) is 5.02 Å². The van der Waals surface area contributed by atoms with Crippen LogP contribution in [0.4, 0.5) is 20.2 Å². The maximum Gasteiger partial charge on any atom is 0.339 e. The number of carbonyl (C=O) groups is 2. The van der Waals surface area contributed by atoms with E-state index in [-0.39, 0.29) is 11.8 Å². The average Bonchev–Trinajstić information content (AvgIpc) is 3.43. The molecule has 0 bridgehead atoms. The van der Waals surface area contributed by atoms with Gasteiger partial charge < -0.3 is 19.8 Å². The van der Waals surface area contributed by atoms with E-state index in [1.165, 1.54) is 4.68 Å². The number of hydrogen-bond acceptors (Lipinski definition) is 5. The quantitative estimate of drug-likeness (QED) is 0.367. The van der Waals surface area contributed by atoms with E-state index in [0.29, 0.717) is 37.6 Å². The van der Waals surface area contributed by atoms with Crippen LogP contribution in [0.5, 0.6) is 0 Å². The van der Waals surface area contributed by atoms with Crippen LogP contribution in [-0.4, -0.2) is 70.9 Å². The SMILES string of the molecule is CC(C)C(=O)N1CCN(c2ccc(-c3ccc(Cl)cc3N3CCCC(n4ncc(C(=O)O)c4C(F)F)C3)cc2)CC1. The van der Waals surface area contributed by atoms with Crippen LogP contribution in [0.15, 0.2) is 48.7 Å². The molecule has 0 spiro atoms. The molecule has 1 aromatic heterocycles. The van der Waals surface area contributed by atoms with Crippen molar-refractivity contribution in [2.45, 2.75) is 39.2 Å². The highest BCUT2D eigenvalue weighted by Gasteiger charge is 2.31. The number of rotatable bonds is 7. The van der Waals surface area contributed by atoms with Gasteiger partial charge in [-0.15, -0.1) is 0 Å². The van der Waals surface area contributed by atoms with Gasteiger partial charge in [-0.05, 0) is 42.7 Å². The van der Waals surface area contributed by atoms with Gasteiger partial charge in [-0.1, -0.05) is 43.6 Å². The first-order valence-corrected chi connectivity index (χ1v) is 14.3. The van der Waals surface area contributed by atoms with Gasteiger partial charge >= 0.3 is 5.97 Å². The topological polar surface area (TPSA) is 81.9 Å². The molecular weight excluding hydrogens is 552 g/mol. The highest BCUT2D eigenvalue weighted by atomic mass is 35.5. The Balaban J connectivity index is 1.36. The number of halogens is 3. The predicted octanol–water partition coefficient (Wildman–Crippen LogP) is 5.99. The van der Waals surface area contributed by atoms with E-state index in [9.17, 15) is 23.5 Å². The molecule has 2 fully saturated rings. The molecule has 3 heterocycles. The minimum atomic E-state index is -2.95. The molecule has 2 aromatic carbocycles. The summed E-state index contributed by atoms with van der Waals surface area (Å²) in [5.41, 5.74) is 2.92. The molecule has 11 heteroatoms. The number of hydrogen-bond donors (Lipinski definition) is 1. The van der Waals surface area contributed by atoms with Gasteiger partial charge in [-0.3, -0.25) is 9.48 Å². The van der Waals surface area contributed by atoms with Crippen LogP contribution in [0.1, 0.15) is 55.2 Å². The Kier molecular flexibility index (Phi) is 8.49. The summed E-state index contributed by atoms with van der Waals surface area (Å²) in [6.07, 6.45) is -0.599. The lowest BCUT2D eigenvalue weighted by Gasteiger charge is -2.37. The van der Waals surface area contributed by atoms with Crippen molar-refractivity contribution in [2.75, 3.05) is 49.1 Å². The Bertz CT molecular complexity index is 1400. The van der Waals surface area contributed by atoms with Crippen LogP contribution >= 0.6 is 11.6 Å². The number of benzene rings is 2. The second-order valence-electron chi connectivity index (χ2n) is 10.9. The molecule has 0 saturated carbocycles. The third-order valence-corrected chi connectivity index (χ3v) is 8.18. The number of piperazine rings is 1. The Hall–Kier alpha value is -3.66. The normalized spacial score (nSPS) is 17.9. The largest absolute Gasteiger partial charge is 0.478 e. The first-order chi connectivity index (χ1) is 19.6. The minimum absolute atomic E-state index is 0.00213. The maximum atomic E-state index is 13.9. The van der Waals surface area contributed by atoms with E-state index in [2.05, 4.69) is 39.2 Å². The molecule has 2 aliphatic rings. The van der Waals surface area contributed by atoms with Crippen molar-refractivity contribution >= 4 is 34.9 Å². The first kappa shape index (κ1) is 28.9. The van der Waals surface area contributed by atoms with E-state index in [0.717, 1.165) is 48.2 Å². The number of carbonyl (C=O) groups excluding carboxylic acids is 1. The van der Waals surface area contributed by atoms with Gasteiger partial charge in [0.2, 0.25) is 5.91 Å². The number of aromatic nitrogens is 2. The minimum Gasteiger partial charge on any atom is -0.478 e. The summed E-state index contributed by atoms with van der Waals surface area (Å²) in [5, 5.41) is 14.0. The van der Waals surface area contributed by atoms with Crippen LogP contribution in [-0.2, 0) is 4.79 Å². The molecule has 0 aliphatic carbocycles. The summed E-state index contributed by atoms with van der Waals surface area (Å²) in [4.78, 5) is 30.2. The molecule has 1 N–H and O–H groups in total. The second-order valence-corrected chi connectivity index (χ2v) is 11.3. The Morgan fingerprint density at radius 1 is 1.00 bits per heavy atom. The van der Waals surface area contributed by atoms with Gasteiger partial charge in [-0.25, -0.2) is 13.6 Å². The smallest absolute Gasteiger partial charge is 0.339 e. The maximum absolute atomic E-state index is 13.9. The van der Waals surface area contributed by atoms with E-state index in [1.807, 2.05) is 36.9 Å². The number of piperidine rings is 1. The number of anilines is 2. The zero-order chi connectivity index (χ0) is 29.3. The summed E-state index contributed by atoms with van der Waals surface area (Å²) in [7, 11) is 0. The molecule has 5 rings (SSSR count). The highest BCUT2D eigenvalue weighted by Crippen LogP contribution is 2.38. The monoisotopic (exact) mass is 585 g/mol. The number of carboxylic acid groups (broad SMARTS) is 1. The van der Waals surface area contributed by atoms with Crippen molar-refractivity contribution in [1.82, 2.24) is 14.7 Å². The molecule has 3 aromatic rings.